The van der Waals surface area contributed by atoms with Crippen LogP contribution in [-0.2, 0) is 4.74 Å². The second-order valence-corrected chi connectivity index (χ2v) is 5.29. The van der Waals surface area contributed by atoms with Crippen LogP contribution in [0.15, 0.2) is 63.8 Å². The highest BCUT2D eigenvalue weighted by Gasteiger charge is 2.18. The highest BCUT2D eigenvalue weighted by molar-refractivity contribution is 5.99. The van der Waals surface area contributed by atoms with Crippen molar-refractivity contribution in [2.75, 3.05) is 6.61 Å². The monoisotopic (exact) mass is 353 g/mol. The Kier molecular flexibility index (Phi) is 4.57. The molecule has 0 atom stereocenters. The quantitative estimate of drug-likeness (QED) is 0.227. The van der Waals surface area contributed by atoms with Crippen LogP contribution < -0.4 is 5.63 Å². The summed E-state index contributed by atoms with van der Waals surface area (Å²) in [5.41, 5.74) is -1.16. The number of non-ortho nitro benzene ring substituents is 1. The fourth-order valence-electron chi connectivity index (χ4n) is 2.28. The highest BCUT2D eigenvalue weighted by Crippen LogP contribution is 2.20. The van der Waals surface area contributed by atoms with Crippen molar-refractivity contribution in [1.29, 1.82) is 0 Å². The molecule has 3 aromatic rings. The van der Waals surface area contributed by atoms with Crippen molar-refractivity contribution in [2.24, 2.45) is 0 Å². The van der Waals surface area contributed by atoms with E-state index < -0.39 is 34.5 Å². The molecule has 0 saturated heterocycles. The smallest absolute Gasteiger partial charge is 0.351 e. The molecule has 0 aliphatic heterocycles. The fraction of sp³-hybridized carbons (Fsp3) is 0.0556. The number of hydrogen-bond acceptors (Lipinski definition) is 7. The number of nitro groups is 1. The lowest BCUT2D eigenvalue weighted by Gasteiger charge is -2.04. The number of benzene rings is 2. The minimum Gasteiger partial charge on any atom is -0.453 e. The molecular formula is C18H11NO7. The maximum absolute atomic E-state index is 12.1. The lowest BCUT2D eigenvalue weighted by atomic mass is 10.1. The Bertz CT molecular complexity index is 1070. The molecule has 130 valence electrons. The summed E-state index contributed by atoms with van der Waals surface area (Å²) in [7, 11) is 0. The molecule has 0 amide bonds. The van der Waals surface area contributed by atoms with Crippen LogP contribution >= 0.6 is 0 Å². The fourth-order valence-corrected chi connectivity index (χ4v) is 2.28. The first kappa shape index (κ1) is 17.0. The van der Waals surface area contributed by atoms with E-state index in [1.165, 1.54) is 18.2 Å². The minimum atomic E-state index is -1.04. The van der Waals surface area contributed by atoms with Crippen molar-refractivity contribution in [3.63, 3.8) is 0 Å². The summed E-state index contributed by atoms with van der Waals surface area (Å²) in [5, 5.41) is 11.0. The molecule has 1 heterocycles. The van der Waals surface area contributed by atoms with E-state index in [0.717, 1.165) is 6.07 Å². The van der Waals surface area contributed by atoms with E-state index in [2.05, 4.69) is 0 Å². The molecule has 0 radical (unpaired) electrons. The van der Waals surface area contributed by atoms with Crippen LogP contribution in [0.4, 0.5) is 5.69 Å². The van der Waals surface area contributed by atoms with Crippen molar-refractivity contribution in [3.8, 4) is 0 Å². The molecule has 0 spiro atoms. The Labute approximate surface area is 145 Å². The standard InChI is InChI=1S/C18H11NO7/c20-15(11-4-2-1-3-5-11)10-25-17(21)14-9-12-8-13(19(23)24)6-7-16(12)26-18(14)22/h1-9H,10H2. The maximum Gasteiger partial charge on any atom is 0.351 e. The van der Waals surface area contributed by atoms with E-state index in [9.17, 15) is 24.5 Å². The van der Waals surface area contributed by atoms with E-state index in [1.807, 2.05) is 0 Å². The third-order valence-corrected chi connectivity index (χ3v) is 3.58. The third-order valence-electron chi connectivity index (χ3n) is 3.58. The largest absolute Gasteiger partial charge is 0.453 e. The van der Waals surface area contributed by atoms with Gasteiger partial charge >= 0.3 is 11.6 Å². The van der Waals surface area contributed by atoms with Crippen LogP contribution in [0.3, 0.4) is 0 Å². The number of ketones is 1. The van der Waals surface area contributed by atoms with Gasteiger partial charge in [-0.15, -0.1) is 0 Å². The van der Waals surface area contributed by atoms with E-state index in [-0.39, 0.29) is 16.7 Å². The van der Waals surface area contributed by atoms with E-state index in [4.69, 9.17) is 9.15 Å². The Morgan fingerprint density at radius 2 is 1.81 bits per heavy atom. The van der Waals surface area contributed by atoms with Gasteiger partial charge in [0.25, 0.3) is 5.69 Å². The predicted molar refractivity (Wildman–Crippen MR) is 90.2 cm³/mol. The number of carbonyl (C=O) groups is 2. The third kappa shape index (κ3) is 3.48. The summed E-state index contributed by atoms with van der Waals surface area (Å²) in [4.78, 5) is 46.2. The number of esters is 1. The molecular weight excluding hydrogens is 342 g/mol. The van der Waals surface area contributed by atoms with Crippen molar-refractivity contribution < 1.29 is 23.7 Å². The molecule has 0 unspecified atom stereocenters. The lowest BCUT2D eigenvalue weighted by Crippen LogP contribution is -2.20. The summed E-state index contributed by atoms with van der Waals surface area (Å²) in [6, 6.07) is 13.0. The van der Waals surface area contributed by atoms with Crippen molar-refractivity contribution in [2.45, 2.75) is 0 Å². The number of hydrogen-bond donors (Lipinski definition) is 0. The zero-order valence-electron chi connectivity index (χ0n) is 13.2. The first-order chi connectivity index (χ1) is 12.5. The van der Waals surface area contributed by atoms with E-state index in [1.54, 1.807) is 30.3 Å². The van der Waals surface area contributed by atoms with Crippen LogP contribution in [0.5, 0.6) is 0 Å². The van der Waals surface area contributed by atoms with Crippen molar-refractivity contribution in [1.82, 2.24) is 0 Å². The summed E-state index contributed by atoms with van der Waals surface area (Å²) in [6.45, 7) is -0.546. The maximum atomic E-state index is 12.1. The second-order valence-electron chi connectivity index (χ2n) is 5.29. The van der Waals surface area contributed by atoms with Gasteiger partial charge in [-0.2, -0.15) is 0 Å². The Hall–Kier alpha value is -3.81. The Balaban J connectivity index is 1.83. The van der Waals surface area contributed by atoms with Gasteiger partial charge in [-0.3, -0.25) is 14.9 Å². The first-order valence-electron chi connectivity index (χ1n) is 7.43. The summed E-state index contributed by atoms with van der Waals surface area (Å²) < 4.78 is 9.85. The molecule has 3 rings (SSSR count). The molecule has 2 aromatic carbocycles. The molecule has 1 aromatic heterocycles. The summed E-state index contributed by atoms with van der Waals surface area (Å²) in [5.74, 6) is -1.48. The average molecular weight is 353 g/mol. The van der Waals surface area contributed by atoms with Gasteiger partial charge in [0.1, 0.15) is 11.1 Å². The molecule has 0 fully saturated rings. The van der Waals surface area contributed by atoms with Crippen LogP contribution in [-0.4, -0.2) is 23.3 Å². The SMILES string of the molecule is O=C(COC(=O)c1cc2cc([N+](=O)[O-])ccc2oc1=O)c1ccccc1. The van der Waals surface area contributed by atoms with Crippen molar-refractivity contribution in [3.05, 3.63) is 86.3 Å². The van der Waals surface area contributed by atoms with Gasteiger partial charge in [0.05, 0.1) is 4.92 Å². The number of rotatable bonds is 5. The van der Waals surface area contributed by atoms with Crippen LogP contribution in [0.1, 0.15) is 20.7 Å². The summed E-state index contributed by atoms with van der Waals surface area (Å²) >= 11 is 0. The molecule has 0 bridgehead atoms. The predicted octanol–water partition coefficient (Wildman–Crippen LogP) is 2.74. The van der Waals surface area contributed by atoms with Crippen LogP contribution in [0.2, 0.25) is 0 Å². The van der Waals surface area contributed by atoms with Gasteiger partial charge < -0.3 is 9.15 Å². The molecule has 0 aliphatic rings. The number of Topliss-reactive ketones (excluding diaryl/α,β-unsaturated/α-hetero) is 1. The minimum absolute atomic E-state index is 0.0949. The highest BCUT2D eigenvalue weighted by atomic mass is 16.6. The van der Waals surface area contributed by atoms with Gasteiger partial charge in [-0.25, -0.2) is 9.59 Å². The van der Waals surface area contributed by atoms with E-state index >= 15 is 0 Å². The number of fused-ring (bicyclic) bond motifs is 1. The normalized spacial score (nSPS) is 10.5. The van der Waals surface area contributed by atoms with Crippen LogP contribution in [0.25, 0.3) is 11.0 Å². The molecule has 0 aliphatic carbocycles. The number of nitrogens with zero attached hydrogens (tertiary/aromatic N) is 1. The molecule has 8 nitrogen and oxygen atoms in total. The Morgan fingerprint density at radius 3 is 2.50 bits per heavy atom. The number of ether oxygens (including phenoxy) is 1. The lowest BCUT2D eigenvalue weighted by molar-refractivity contribution is -0.384. The van der Waals surface area contributed by atoms with Gasteiger partial charge in [-0.1, -0.05) is 30.3 Å². The van der Waals surface area contributed by atoms with Gasteiger partial charge in [-0.05, 0) is 12.1 Å². The molecule has 8 heteroatoms. The first-order valence-corrected chi connectivity index (χ1v) is 7.43. The van der Waals surface area contributed by atoms with E-state index in [0.29, 0.717) is 5.56 Å². The number of nitro benzene ring substituents is 1. The van der Waals surface area contributed by atoms with Gasteiger partial charge in [0.2, 0.25) is 0 Å². The Morgan fingerprint density at radius 1 is 1.08 bits per heavy atom. The second kappa shape index (κ2) is 6.98. The molecule has 0 N–H and O–H groups in total. The van der Waals surface area contributed by atoms with Gasteiger partial charge in [0, 0.05) is 23.1 Å². The molecule has 0 saturated carbocycles. The summed E-state index contributed by atoms with van der Waals surface area (Å²) in [6.07, 6.45) is 0. The van der Waals surface area contributed by atoms with Crippen molar-refractivity contribution >= 4 is 28.4 Å². The zero-order chi connectivity index (χ0) is 18.7. The number of carbonyl (C=O) groups excluding carboxylic acids is 2. The topological polar surface area (TPSA) is 117 Å². The molecule has 26 heavy (non-hydrogen) atoms. The van der Waals surface area contributed by atoms with Gasteiger partial charge in [0.15, 0.2) is 12.4 Å². The zero-order valence-corrected chi connectivity index (χ0v) is 13.2. The average Bonchev–Trinajstić information content (AvgIpc) is 2.65. The van der Waals surface area contributed by atoms with Crippen LogP contribution in [0, 0.1) is 10.1 Å².